The number of aliphatic carboxylic acids is 1. The van der Waals surface area contributed by atoms with Crippen molar-refractivity contribution in [2.75, 3.05) is 0 Å². The molecule has 0 atom stereocenters. The second-order valence-electron chi connectivity index (χ2n) is 3.71. The maximum Gasteiger partial charge on any atom is 0.328 e. The van der Waals surface area contributed by atoms with Gasteiger partial charge in [0.1, 0.15) is 0 Å². The molecule has 3 rings (SSSR count). The lowest BCUT2D eigenvalue weighted by molar-refractivity contribution is -0.129. The predicted octanol–water partition coefficient (Wildman–Crippen LogP) is 1.68. The molecule has 3 heteroatoms. The van der Waals surface area contributed by atoms with E-state index in [9.17, 15) is 4.79 Å². The van der Waals surface area contributed by atoms with Crippen molar-refractivity contribution < 1.29 is 9.90 Å². The van der Waals surface area contributed by atoms with E-state index in [4.69, 9.17) is 5.11 Å². The summed E-state index contributed by atoms with van der Waals surface area (Å²) < 4.78 is 2.00. The van der Waals surface area contributed by atoms with Gasteiger partial charge in [-0.05, 0) is 18.2 Å². The van der Waals surface area contributed by atoms with E-state index in [0.717, 1.165) is 21.6 Å². The number of nitrogens with zero attached hydrogens (tertiary/aromatic N) is 1. The Balaban J connectivity index is 2.47. The minimum atomic E-state index is -0.918. The van der Waals surface area contributed by atoms with Crippen LogP contribution in [0, 0.1) is 0 Å². The molecule has 3 aromatic rings. The number of para-hydroxylation sites is 1. The molecule has 2 heterocycles. The van der Waals surface area contributed by atoms with Gasteiger partial charge in [0, 0.05) is 22.9 Å². The Labute approximate surface area is 91.2 Å². The quantitative estimate of drug-likeness (QED) is 0.665. The average molecular weight is 211 g/mol. The van der Waals surface area contributed by atoms with Crippen molar-refractivity contribution >= 4 is 28.5 Å². The van der Waals surface area contributed by atoms with Crippen LogP contribution in [0.2, 0.25) is 0 Å². The summed E-state index contributed by atoms with van der Waals surface area (Å²) >= 11 is 0. The van der Waals surface area contributed by atoms with Gasteiger partial charge in [-0.2, -0.15) is 0 Å². The standard InChI is InChI=1S/C13H9NO2/c15-13(16)8-10-5-6-14-11-4-2-1-3-9(11)7-12(10)14/h1-8H,(H,15,16)/b10-8+. The number of hydrogen-bond acceptors (Lipinski definition) is 1. The van der Waals surface area contributed by atoms with E-state index in [0.29, 0.717) is 0 Å². The highest BCUT2D eigenvalue weighted by molar-refractivity contribution is 6.00. The summed E-state index contributed by atoms with van der Waals surface area (Å²) in [6.45, 7) is 0. The molecule has 78 valence electrons. The van der Waals surface area contributed by atoms with E-state index in [1.54, 1.807) is 0 Å². The molecule has 0 aliphatic carbocycles. The molecular weight excluding hydrogens is 202 g/mol. The summed E-state index contributed by atoms with van der Waals surface area (Å²) in [6, 6.07) is 11.8. The lowest BCUT2D eigenvalue weighted by Crippen LogP contribution is -2.01. The van der Waals surface area contributed by atoms with Gasteiger partial charge in [0.15, 0.2) is 0 Å². The van der Waals surface area contributed by atoms with Crippen molar-refractivity contribution in [2.24, 2.45) is 0 Å². The fourth-order valence-corrected chi connectivity index (χ4v) is 2.05. The largest absolute Gasteiger partial charge is 0.478 e. The predicted molar refractivity (Wildman–Crippen MR) is 62.2 cm³/mol. The van der Waals surface area contributed by atoms with E-state index in [-0.39, 0.29) is 0 Å². The zero-order valence-electron chi connectivity index (χ0n) is 8.42. The molecule has 0 amide bonds. The Hall–Kier alpha value is -2.29. The number of hydrogen-bond donors (Lipinski definition) is 1. The van der Waals surface area contributed by atoms with Crippen molar-refractivity contribution in [3.05, 3.63) is 47.8 Å². The summed E-state index contributed by atoms with van der Waals surface area (Å²) in [5.74, 6) is -0.918. The highest BCUT2D eigenvalue weighted by Gasteiger charge is 2.03. The third-order valence-corrected chi connectivity index (χ3v) is 2.73. The number of benzene rings is 1. The molecule has 0 spiro atoms. The summed E-state index contributed by atoms with van der Waals surface area (Å²) in [5.41, 5.74) is 2.03. The molecule has 0 radical (unpaired) electrons. The SMILES string of the molecule is O=C(O)/C=c1\ccn2c1cc1ccccc12. The van der Waals surface area contributed by atoms with Crippen LogP contribution in [0.15, 0.2) is 42.6 Å². The fourth-order valence-electron chi connectivity index (χ4n) is 2.05. The lowest BCUT2D eigenvalue weighted by atomic mass is 10.2. The topological polar surface area (TPSA) is 41.7 Å². The van der Waals surface area contributed by atoms with Crippen molar-refractivity contribution in [3.8, 4) is 0 Å². The molecular formula is C13H9NO2. The molecule has 1 aromatic carbocycles. The second kappa shape index (κ2) is 3.10. The molecule has 0 bridgehead atoms. The number of carboxylic acids is 1. The number of aromatic nitrogens is 1. The minimum absolute atomic E-state index is 0.740. The first-order valence-corrected chi connectivity index (χ1v) is 4.99. The van der Waals surface area contributed by atoms with Crippen LogP contribution in [0.4, 0.5) is 0 Å². The summed E-state index contributed by atoms with van der Waals surface area (Å²) in [4.78, 5) is 10.7. The zero-order valence-corrected chi connectivity index (χ0v) is 8.42. The Morgan fingerprint density at radius 3 is 2.81 bits per heavy atom. The van der Waals surface area contributed by atoms with Crippen LogP contribution in [-0.4, -0.2) is 15.5 Å². The minimum Gasteiger partial charge on any atom is -0.478 e. The first-order chi connectivity index (χ1) is 7.75. The number of carbonyl (C=O) groups is 1. The monoisotopic (exact) mass is 211 g/mol. The van der Waals surface area contributed by atoms with Crippen molar-refractivity contribution in [1.29, 1.82) is 0 Å². The van der Waals surface area contributed by atoms with Crippen LogP contribution in [-0.2, 0) is 4.79 Å². The van der Waals surface area contributed by atoms with Crippen molar-refractivity contribution in [3.63, 3.8) is 0 Å². The molecule has 2 aromatic heterocycles. The van der Waals surface area contributed by atoms with E-state index in [1.807, 2.05) is 47.0 Å². The maximum absolute atomic E-state index is 10.7. The van der Waals surface area contributed by atoms with Gasteiger partial charge in [-0.25, -0.2) is 4.79 Å². The average Bonchev–Trinajstić information content (AvgIpc) is 2.78. The molecule has 16 heavy (non-hydrogen) atoms. The Morgan fingerprint density at radius 1 is 1.19 bits per heavy atom. The molecule has 0 aliphatic rings. The Kier molecular flexibility index (Phi) is 1.74. The molecule has 0 saturated carbocycles. The molecule has 0 fully saturated rings. The van der Waals surface area contributed by atoms with Gasteiger partial charge in [-0.15, -0.1) is 0 Å². The van der Waals surface area contributed by atoms with Crippen LogP contribution in [0.25, 0.3) is 22.5 Å². The zero-order chi connectivity index (χ0) is 11.1. The maximum atomic E-state index is 10.7. The van der Waals surface area contributed by atoms with Crippen LogP contribution >= 0.6 is 0 Å². The van der Waals surface area contributed by atoms with Gasteiger partial charge in [0.05, 0.1) is 11.0 Å². The van der Waals surface area contributed by atoms with Gasteiger partial charge in [0.2, 0.25) is 0 Å². The number of fused-ring (bicyclic) bond motifs is 3. The van der Waals surface area contributed by atoms with Crippen molar-refractivity contribution in [1.82, 2.24) is 4.40 Å². The third-order valence-electron chi connectivity index (χ3n) is 2.73. The first-order valence-electron chi connectivity index (χ1n) is 4.99. The molecule has 3 nitrogen and oxygen atoms in total. The molecule has 1 N–H and O–H groups in total. The molecule has 0 unspecified atom stereocenters. The molecule has 0 aliphatic heterocycles. The number of carboxylic acid groups (broad SMARTS) is 1. The van der Waals surface area contributed by atoms with Gasteiger partial charge in [-0.1, -0.05) is 18.2 Å². The normalized spacial score (nSPS) is 12.6. The number of rotatable bonds is 1. The fraction of sp³-hybridized carbons (Fsp3) is 0. The van der Waals surface area contributed by atoms with Gasteiger partial charge < -0.3 is 9.51 Å². The van der Waals surface area contributed by atoms with Crippen LogP contribution in [0.5, 0.6) is 0 Å². The first kappa shape index (κ1) is 8.97. The van der Waals surface area contributed by atoms with Crippen LogP contribution in [0.3, 0.4) is 0 Å². The van der Waals surface area contributed by atoms with Gasteiger partial charge in [0.25, 0.3) is 0 Å². The van der Waals surface area contributed by atoms with E-state index >= 15 is 0 Å². The van der Waals surface area contributed by atoms with Gasteiger partial charge >= 0.3 is 5.97 Å². The highest BCUT2D eigenvalue weighted by atomic mass is 16.4. The Bertz CT molecular complexity index is 740. The Morgan fingerprint density at radius 2 is 2.00 bits per heavy atom. The summed E-state index contributed by atoms with van der Waals surface area (Å²) in [5, 5.41) is 10.6. The van der Waals surface area contributed by atoms with E-state index < -0.39 is 5.97 Å². The third kappa shape index (κ3) is 1.18. The van der Waals surface area contributed by atoms with Crippen LogP contribution < -0.4 is 5.22 Å². The van der Waals surface area contributed by atoms with Gasteiger partial charge in [-0.3, -0.25) is 0 Å². The summed E-state index contributed by atoms with van der Waals surface area (Å²) in [7, 11) is 0. The lowest BCUT2D eigenvalue weighted by Gasteiger charge is -1.89. The van der Waals surface area contributed by atoms with Crippen LogP contribution in [0.1, 0.15) is 0 Å². The van der Waals surface area contributed by atoms with E-state index in [2.05, 4.69) is 0 Å². The van der Waals surface area contributed by atoms with E-state index in [1.165, 1.54) is 6.08 Å². The molecule has 0 saturated heterocycles. The smallest absolute Gasteiger partial charge is 0.328 e. The van der Waals surface area contributed by atoms with Crippen molar-refractivity contribution in [2.45, 2.75) is 0 Å². The summed E-state index contributed by atoms with van der Waals surface area (Å²) in [6.07, 6.45) is 3.13. The second-order valence-corrected chi connectivity index (χ2v) is 3.71. The highest BCUT2D eigenvalue weighted by Crippen LogP contribution is 2.17.